The molecule has 4 aromatic carbocycles. The van der Waals surface area contributed by atoms with E-state index in [0.717, 1.165) is 17.8 Å². The third kappa shape index (κ3) is 11.1. The van der Waals surface area contributed by atoms with E-state index in [1.165, 1.54) is 19.2 Å². The number of carboxylic acids is 1. The van der Waals surface area contributed by atoms with Crippen LogP contribution in [0.4, 0.5) is 11.4 Å². The minimum absolute atomic E-state index is 0.0185. The molecule has 2 aliphatic heterocycles. The fourth-order valence-electron chi connectivity index (χ4n) is 9.40. The number of rotatable bonds is 21. The van der Waals surface area contributed by atoms with Gasteiger partial charge in [-0.15, -0.1) is 0 Å². The van der Waals surface area contributed by atoms with E-state index in [4.69, 9.17) is 9.47 Å². The zero-order valence-electron chi connectivity index (χ0n) is 38.3. The molecule has 0 aromatic heterocycles. The van der Waals surface area contributed by atoms with Crippen LogP contribution in [0.15, 0.2) is 116 Å². The van der Waals surface area contributed by atoms with E-state index in [1.807, 2.05) is 49.3 Å². The number of methoxy groups -OCH3 is 1. The van der Waals surface area contributed by atoms with Gasteiger partial charge in [-0.25, -0.2) is 33.7 Å². The van der Waals surface area contributed by atoms with Crippen molar-refractivity contribution in [3.8, 4) is 0 Å². The molecule has 0 fully saturated rings. The summed E-state index contributed by atoms with van der Waals surface area (Å²) < 4.78 is 161. The summed E-state index contributed by atoms with van der Waals surface area (Å²) in [5.41, 5.74) is 1.62. The van der Waals surface area contributed by atoms with E-state index >= 15 is 0 Å². The van der Waals surface area contributed by atoms with Crippen LogP contribution in [0.2, 0.25) is 0 Å². The van der Waals surface area contributed by atoms with Crippen LogP contribution in [0.5, 0.6) is 0 Å². The lowest BCUT2D eigenvalue weighted by Crippen LogP contribution is -2.30. The number of aliphatic carboxylic acids is 1. The smallest absolute Gasteiger partial charge is 0.303 e. The van der Waals surface area contributed by atoms with Crippen molar-refractivity contribution >= 4 is 85.1 Å². The van der Waals surface area contributed by atoms with E-state index in [9.17, 15) is 61.8 Å². The summed E-state index contributed by atoms with van der Waals surface area (Å²) in [6.07, 6.45) is 14.1. The zero-order chi connectivity index (χ0) is 50.9. The van der Waals surface area contributed by atoms with Crippen molar-refractivity contribution in [3.63, 3.8) is 0 Å². The monoisotopic (exact) mass is 1030 g/mol. The van der Waals surface area contributed by atoms with E-state index in [0.29, 0.717) is 79.3 Å². The maximum absolute atomic E-state index is 12.6. The molecule has 0 amide bonds. The van der Waals surface area contributed by atoms with E-state index in [-0.39, 0.29) is 47.6 Å². The lowest BCUT2D eigenvalue weighted by molar-refractivity contribution is -0.433. The van der Waals surface area contributed by atoms with Crippen molar-refractivity contribution in [2.75, 3.05) is 44.9 Å². The Labute approximate surface area is 401 Å². The average molecular weight is 1030 g/mol. The van der Waals surface area contributed by atoms with Gasteiger partial charge in [0.2, 0.25) is 5.69 Å². The van der Waals surface area contributed by atoms with Gasteiger partial charge in [0.25, 0.3) is 0 Å². The molecule has 0 saturated heterocycles. The Morgan fingerprint density at radius 2 is 1.26 bits per heavy atom. The van der Waals surface area contributed by atoms with Crippen LogP contribution in [-0.4, -0.2) is 113 Å². The van der Waals surface area contributed by atoms with Gasteiger partial charge in [0.1, 0.15) is 47.0 Å². The summed E-state index contributed by atoms with van der Waals surface area (Å²) >= 11 is 0. The number of carboxylic acid groups (broad SMARTS) is 1. The molecule has 0 spiro atoms. The Morgan fingerprint density at radius 1 is 0.696 bits per heavy atom. The second kappa shape index (κ2) is 20.3. The van der Waals surface area contributed by atoms with Crippen LogP contribution in [0.3, 0.4) is 0 Å². The Bertz CT molecular complexity index is 3340. The van der Waals surface area contributed by atoms with Crippen LogP contribution in [0.1, 0.15) is 70.9 Å². The highest BCUT2D eigenvalue weighted by atomic mass is 32.2. The number of hydrogen-bond donors (Lipinski definition) is 1. The minimum Gasteiger partial charge on any atom is -0.744 e. The molecular formula is C47H51N2O16S4-3. The van der Waals surface area contributed by atoms with Crippen molar-refractivity contribution in [1.29, 1.82) is 0 Å². The lowest BCUT2D eigenvalue weighted by atomic mass is 9.76. The number of nitrogens with zero attached hydrogens (tertiary/aromatic N) is 2. The molecule has 0 saturated carbocycles. The van der Waals surface area contributed by atoms with Gasteiger partial charge in [-0.1, -0.05) is 42.9 Å². The highest BCUT2D eigenvalue weighted by Gasteiger charge is 2.46. The molecule has 0 radical (unpaired) electrons. The summed E-state index contributed by atoms with van der Waals surface area (Å²) in [5, 5.41) is 9.34. The highest BCUT2D eigenvalue weighted by Crippen LogP contribution is 2.54. The quantitative estimate of drug-likeness (QED) is 0.0431. The molecule has 372 valence electrons. The first kappa shape index (κ1) is 53.2. The fraction of sp³-hybridized carbons (Fsp3) is 0.362. The normalized spacial score (nSPS) is 18.3. The number of anilines is 1. The number of fused-ring (bicyclic) bond motifs is 6. The molecule has 1 N–H and O–H groups in total. The summed E-state index contributed by atoms with van der Waals surface area (Å²) in [7, 11) is -19.4. The zero-order valence-corrected chi connectivity index (χ0v) is 41.6. The minimum atomic E-state index is -5.28. The molecular weight excluding hydrogens is 977 g/mol. The molecule has 2 aliphatic rings. The third-order valence-electron chi connectivity index (χ3n) is 12.5. The van der Waals surface area contributed by atoms with Gasteiger partial charge in [-0.2, -0.15) is 4.58 Å². The molecule has 22 heteroatoms. The molecule has 0 aliphatic carbocycles. The predicted molar refractivity (Wildman–Crippen MR) is 252 cm³/mol. The van der Waals surface area contributed by atoms with Gasteiger partial charge in [0, 0.05) is 66.6 Å². The van der Waals surface area contributed by atoms with Gasteiger partial charge in [-0.3, -0.25) is 4.79 Å². The molecule has 6 rings (SSSR count). The van der Waals surface area contributed by atoms with Gasteiger partial charge >= 0.3 is 5.97 Å². The molecule has 4 aromatic rings. The number of carbonyl (C=O) groups is 1. The largest absolute Gasteiger partial charge is 0.744 e. The fourth-order valence-corrected chi connectivity index (χ4v) is 12.0. The predicted octanol–water partition coefficient (Wildman–Crippen LogP) is 6.03. The second-order valence-electron chi connectivity index (χ2n) is 17.2. The van der Waals surface area contributed by atoms with Crippen molar-refractivity contribution in [2.45, 2.75) is 90.2 Å². The van der Waals surface area contributed by atoms with E-state index < -0.39 is 76.9 Å². The van der Waals surface area contributed by atoms with Crippen LogP contribution < -0.4 is 4.90 Å². The number of ether oxygens (including phenoxy) is 2. The first-order valence-corrected chi connectivity index (χ1v) is 27.3. The summed E-state index contributed by atoms with van der Waals surface area (Å²) in [4.78, 5) is 9.82. The third-order valence-corrected chi connectivity index (χ3v) is 15.9. The Kier molecular flexibility index (Phi) is 15.7. The molecule has 0 bridgehead atoms. The Balaban J connectivity index is 1.41. The van der Waals surface area contributed by atoms with Gasteiger partial charge < -0.3 is 37.7 Å². The van der Waals surface area contributed by atoms with Crippen molar-refractivity contribution in [1.82, 2.24) is 0 Å². The van der Waals surface area contributed by atoms with Crippen molar-refractivity contribution in [3.05, 3.63) is 108 Å². The average Bonchev–Trinajstić information content (AvgIpc) is 3.62. The summed E-state index contributed by atoms with van der Waals surface area (Å²) in [5.74, 6) is -0.937. The van der Waals surface area contributed by atoms with Crippen LogP contribution in [0.25, 0.3) is 21.5 Å². The molecule has 2 heterocycles. The van der Waals surface area contributed by atoms with E-state index in [1.54, 1.807) is 42.5 Å². The van der Waals surface area contributed by atoms with Gasteiger partial charge in [0.05, 0.1) is 38.2 Å². The molecule has 1 unspecified atom stereocenters. The SMILES string of the molecule is CC[N+]1=C(/C=C/C=C/C=C/C=C2/N(CCCCCC(=O)O)c3ccc4c(S(=O)(=O)[O-])cc(S(=O)(=O)[O-])cc4c3C2(C)CCOCCOC)C(C)(C)c2c1ccc1c(S(=O)(=O)[O-])cc(S(=O)(=O)[O-])cc21. The Morgan fingerprint density at radius 3 is 1.81 bits per heavy atom. The van der Waals surface area contributed by atoms with E-state index in [2.05, 4.69) is 0 Å². The molecule has 18 nitrogen and oxygen atoms in total. The van der Waals surface area contributed by atoms with Crippen LogP contribution in [0, 0.1) is 0 Å². The summed E-state index contributed by atoms with van der Waals surface area (Å²) in [6.45, 7) is 8.93. The number of benzene rings is 4. The Hall–Kier alpha value is -5.14. The first-order valence-electron chi connectivity index (χ1n) is 21.7. The standard InChI is InChI=1S/C47H54N2O16S4/c1-6-48-37-20-18-33-35(27-31(66(52,53)54)29-39(33)68(58,59)60)44(37)46(2,3)41(48)15-11-8-7-9-12-16-42-47(4,22-24-65-26-25-64-5)45-36-28-32(67(55,56)57)30-40(69(61,62)63)34(36)19-21-38(45)49(42)23-14-10-13-17-43(50)51/h7-9,11-12,15-16,18-21,27-30H,6,10,13-14,17,22-26H2,1-5H3,(H4-,50,51,52,53,54,55,56,57,58,59,60,61,62,63)/p-3. The van der Waals surface area contributed by atoms with Gasteiger partial charge in [-0.05, 0) is 111 Å². The van der Waals surface area contributed by atoms with Crippen LogP contribution in [-0.2, 0) is 65.6 Å². The number of hydrogen-bond acceptors (Lipinski definition) is 16. The topological polar surface area (TPSA) is 291 Å². The molecule has 69 heavy (non-hydrogen) atoms. The number of unbranched alkanes of at least 4 members (excludes halogenated alkanes) is 2. The summed E-state index contributed by atoms with van der Waals surface area (Å²) in [6, 6.07) is 9.44. The highest BCUT2D eigenvalue weighted by molar-refractivity contribution is 7.87. The van der Waals surface area contributed by atoms with Gasteiger partial charge in [0.15, 0.2) is 5.71 Å². The lowest BCUT2D eigenvalue weighted by Gasteiger charge is -2.31. The molecule has 1 atom stereocenters. The second-order valence-corrected chi connectivity index (χ2v) is 22.7. The van der Waals surface area contributed by atoms with Crippen molar-refractivity contribution < 1.29 is 75.8 Å². The maximum atomic E-state index is 12.6. The van der Waals surface area contributed by atoms with Crippen molar-refractivity contribution in [2.24, 2.45) is 0 Å². The number of allylic oxidation sites excluding steroid dienone is 8. The van der Waals surface area contributed by atoms with Crippen LogP contribution >= 0.6 is 0 Å². The first-order chi connectivity index (χ1) is 32.2. The maximum Gasteiger partial charge on any atom is 0.303 e.